The summed E-state index contributed by atoms with van der Waals surface area (Å²) in [6.07, 6.45) is 0. The predicted octanol–water partition coefficient (Wildman–Crippen LogP) is 1.77. The molecule has 1 unspecified atom stereocenters. The topological polar surface area (TPSA) is 53.7 Å². The van der Waals surface area contributed by atoms with Crippen molar-refractivity contribution < 1.29 is 14.2 Å². The van der Waals surface area contributed by atoms with Crippen LogP contribution in [0.5, 0.6) is 17.2 Å². The van der Waals surface area contributed by atoms with Crippen molar-refractivity contribution in [3.05, 3.63) is 17.7 Å². The smallest absolute Gasteiger partial charge is 0.203 e. The summed E-state index contributed by atoms with van der Waals surface area (Å²) >= 11 is 0. The summed E-state index contributed by atoms with van der Waals surface area (Å²) in [4.78, 5) is 0. The first kappa shape index (κ1) is 12.6. The van der Waals surface area contributed by atoms with Crippen molar-refractivity contribution >= 4 is 0 Å². The monoisotopic (exact) mass is 225 g/mol. The number of nitrogens with two attached hydrogens (primary N) is 1. The lowest BCUT2D eigenvalue weighted by Gasteiger charge is -2.16. The second kappa shape index (κ2) is 5.61. The molecule has 0 radical (unpaired) electrons. The van der Waals surface area contributed by atoms with Crippen LogP contribution in [-0.2, 0) is 0 Å². The highest BCUT2D eigenvalue weighted by Crippen LogP contribution is 2.39. The molecule has 0 aliphatic carbocycles. The lowest BCUT2D eigenvalue weighted by Crippen LogP contribution is -2.09. The van der Waals surface area contributed by atoms with Gasteiger partial charge in [-0.25, -0.2) is 0 Å². The third kappa shape index (κ3) is 2.39. The Bertz CT molecular complexity index is 327. The van der Waals surface area contributed by atoms with Crippen molar-refractivity contribution in [2.24, 2.45) is 5.73 Å². The summed E-state index contributed by atoms with van der Waals surface area (Å²) in [6.45, 7) is 2.64. The standard InChI is InChI=1S/C12H19NO3/c1-8(7-13)9-5-10(14-2)12(16-4)11(6-9)15-3/h5-6,8H,7,13H2,1-4H3. The van der Waals surface area contributed by atoms with Gasteiger partial charge in [0.25, 0.3) is 0 Å². The first-order valence-electron chi connectivity index (χ1n) is 5.17. The van der Waals surface area contributed by atoms with Gasteiger partial charge >= 0.3 is 0 Å². The van der Waals surface area contributed by atoms with E-state index in [2.05, 4.69) is 6.92 Å². The number of rotatable bonds is 5. The fraction of sp³-hybridized carbons (Fsp3) is 0.500. The maximum absolute atomic E-state index is 5.64. The fourth-order valence-electron chi connectivity index (χ4n) is 1.52. The Hall–Kier alpha value is -1.42. The van der Waals surface area contributed by atoms with Crippen molar-refractivity contribution in [2.75, 3.05) is 27.9 Å². The molecular formula is C12H19NO3. The minimum absolute atomic E-state index is 0.258. The van der Waals surface area contributed by atoms with E-state index in [4.69, 9.17) is 19.9 Å². The molecule has 16 heavy (non-hydrogen) atoms. The van der Waals surface area contributed by atoms with Crippen LogP contribution in [0.15, 0.2) is 12.1 Å². The molecule has 0 aromatic heterocycles. The van der Waals surface area contributed by atoms with Crippen LogP contribution in [0.25, 0.3) is 0 Å². The minimum atomic E-state index is 0.258. The average Bonchev–Trinajstić information content (AvgIpc) is 2.35. The van der Waals surface area contributed by atoms with Crippen LogP contribution in [0.4, 0.5) is 0 Å². The zero-order valence-electron chi connectivity index (χ0n) is 10.2. The van der Waals surface area contributed by atoms with E-state index in [1.165, 1.54) is 0 Å². The van der Waals surface area contributed by atoms with Gasteiger partial charge in [-0.3, -0.25) is 0 Å². The second-order valence-corrected chi connectivity index (χ2v) is 3.60. The van der Waals surface area contributed by atoms with E-state index in [0.717, 1.165) is 5.56 Å². The van der Waals surface area contributed by atoms with Gasteiger partial charge in [-0.2, -0.15) is 0 Å². The number of hydrogen-bond acceptors (Lipinski definition) is 4. The molecule has 0 aliphatic heterocycles. The third-order valence-electron chi connectivity index (χ3n) is 2.61. The number of hydrogen-bond donors (Lipinski definition) is 1. The van der Waals surface area contributed by atoms with Crippen molar-refractivity contribution in [3.63, 3.8) is 0 Å². The average molecular weight is 225 g/mol. The van der Waals surface area contributed by atoms with Gasteiger partial charge < -0.3 is 19.9 Å². The molecule has 1 aromatic carbocycles. The van der Waals surface area contributed by atoms with Gasteiger partial charge in [0.1, 0.15) is 0 Å². The van der Waals surface area contributed by atoms with E-state index in [1.807, 2.05) is 12.1 Å². The molecule has 4 nitrogen and oxygen atoms in total. The number of ether oxygens (including phenoxy) is 3. The molecule has 1 atom stereocenters. The lowest BCUT2D eigenvalue weighted by molar-refractivity contribution is 0.323. The highest BCUT2D eigenvalue weighted by Gasteiger charge is 2.15. The summed E-state index contributed by atoms with van der Waals surface area (Å²) < 4.78 is 15.8. The van der Waals surface area contributed by atoms with Crippen LogP contribution in [0.3, 0.4) is 0 Å². The van der Waals surface area contributed by atoms with Gasteiger partial charge in [-0.05, 0) is 30.2 Å². The SMILES string of the molecule is COc1cc(C(C)CN)cc(OC)c1OC. The van der Waals surface area contributed by atoms with Crippen LogP contribution in [-0.4, -0.2) is 27.9 Å². The molecule has 1 rings (SSSR count). The van der Waals surface area contributed by atoms with Crippen LogP contribution in [0.2, 0.25) is 0 Å². The Balaban J connectivity index is 3.25. The second-order valence-electron chi connectivity index (χ2n) is 3.60. The molecule has 2 N–H and O–H groups in total. The Morgan fingerprint density at radius 2 is 1.56 bits per heavy atom. The van der Waals surface area contributed by atoms with E-state index < -0.39 is 0 Å². The molecule has 0 aliphatic rings. The van der Waals surface area contributed by atoms with Gasteiger partial charge in [0.2, 0.25) is 5.75 Å². The first-order chi connectivity index (χ1) is 7.67. The third-order valence-corrected chi connectivity index (χ3v) is 2.61. The van der Waals surface area contributed by atoms with Gasteiger partial charge in [0.05, 0.1) is 21.3 Å². The van der Waals surface area contributed by atoms with Gasteiger partial charge in [-0.15, -0.1) is 0 Å². The van der Waals surface area contributed by atoms with E-state index in [0.29, 0.717) is 23.8 Å². The van der Waals surface area contributed by atoms with Crippen LogP contribution in [0.1, 0.15) is 18.4 Å². The molecule has 90 valence electrons. The van der Waals surface area contributed by atoms with Crippen molar-refractivity contribution in [1.82, 2.24) is 0 Å². The highest BCUT2D eigenvalue weighted by atomic mass is 16.5. The highest BCUT2D eigenvalue weighted by molar-refractivity contribution is 5.54. The summed E-state index contributed by atoms with van der Waals surface area (Å²) in [6, 6.07) is 3.86. The quantitative estimate of drug-likeness (QED) is 0.829. The summed E-state index contributed by atoms with van der Waals surface area (Å²) in [5, 5.41) is 0. The first-order valence-corrected chi connectivity index (χ1v) is 5.17. The van der Waals surface area contributed by atoms with Crippen LogP contribution in [0, 0.1) is 0 Å². The molecular weight excluding hydrogens is 206 g/mol. The van der Waals surface area contributed by atoms with Gasteiger partial charge in [0, 0.05) is 0 Å². The normalized spacial score (nSPS) is 12.1. The van der Waals surface area contributed by atoms with Crippen molar-refractivity contribution in [3.8, 4) is 17.2 Å². The Labute approximate surface area is 96.3 Å². The molecule has 0 bridgehead atoms. The summed E-state index contributed by atoms with van der Waals surface area (Å²) in [5.74, 6) is 2.20. The minimum Gasteiger partial charge on any atom is -0.493 e. The van der Waals surface area contributed by atoms with E-state index in [-0.39, 0.29) is 5.92 Å². The molecule has 0 saturated heterocycles. The fourth-order valence-corrected chi connectivity index (χ4v) is 1.52. The van der Waals surface area contributed by atoms with Crippen LogP contribution < -0.4 is 19.9 Å². The van der Waals surface area contributed by atoms with Crippen molar-refractivity contribution in [2.45, 2.75) is 12.8 Å². The zero-order valence-corrected chi connectivity index (χ0v) is 10.2. The zero-order chi connectivity index (χ0) is 12.1. The van der Waals surface area contributed by atoms with Gasteiger partial charge in [-0.1, -0.05) is 6.92 Å². The lowest BCUT2D eigenvalue weighted by atomic mass is 10.0. The number of methoxy groups -OCH3 is 3. The summed E-state index contributed by atoms with van der Waals surface area (Å²) in [5.41, 5.74) is 6.73. The largest absolute Gasteiger partial charge is 0.493 e. The Morgan fingerprint density at radius 3 is 1.88 bits per heavy atom. The molecule has 0 amide bonds. The molecule has 1 aromatic rings. The summed E-state index contributed by atoms with van der Waals surface area (Å²) in [7, 11) is 4.80. The Morgan fingerprint density at radius 1 is 1.06 bits per heavy atom. The number of benzene rings is 1. The van der Waals surface area contributed by atoms with E-state index in [1.54, 1.807) is 21.3 Å². The van der Waals surface area contributed by atoms with Crippen molar-refractivity contribution in [1.29, 1.82) is 0 Å². The molecule has 4 heteroatoms. The van der Waals surface area contributed by atoms with E-state index in [9.17, 15) is 0 Å². The molecule has 0 spiro atoms. The maximum Gasteiger partial charge on any atom is 0.203 e. The maximum atomic E-state index is 5.64. The molecule has 0 fully saturated rings. The predicted molar refractivity (Wildman–Crippen MR) is 63.6 cm³/mol. The molecule has 0 saturated carbocycles. The van der Waals surface area contributed by atoms with E-state index >= 15 is 0 Å². The van der Waals surface area contributed by atoms with Gasteiger partial charge in [0.15, 0.2) is 11.5 Å². The Kier molecular flexibility index (Phi) is 4.43. The van der Waals surface area contributed by atoms with Crippen LogP contribution >= 0.6 is 0 Å². The molecule has 0 heterocycles.